The van der Waals surface area contributed by atoms with Crippen LogP contribution in [0.2, 0.25) is 0 Å². The lowest BCUT2D eigenvalue weighted by atomic mass is 10.1. The third-order valence-electron chi connectivity index (χ3n) is 2.99. The molecule has 1 heterocycles. The molecule has 1 fully saturated rings. The van der Waals surface area contributed by atoms with Crippen LogP contribution in [-0.4, -0.2) is 26.1 Å². The van der Waals surface area contributed by atoms with Crippen molar-refractivity contribution < 1.29 is 13.5 Å². The number of ether oxygens (including phenoxy) is 1. The maximum Gasteiger partial charge on any atom is 0.272 e. The zero-order chi connectivity index (χ0) is 12.3. The van der Waals surface area contributed by atoms with Crippen LogP contribution >= 0.6 is 0 Å². The van der Waals surface area contributed by atoms with Gasteiger partial charge in [-0.2, -0.15) is 0 Å². The van der Waals surface area contributed by atoms with Gasteiger partial charge in [-0.1, -0.05) is 0 Å². The van der Waals surface area contributed by atoms with Crippen LogP contribution in [0.25, 0.3) is 0 Å². The van der Waals surface area contributed by atoms with Crippen LogP contribution in [0.15, 0.2) is 18.2 Å². The van der Waals surface area contributed by atoms with Crippen LogP contribution in [0.3, 0.4) is 0 Å². The second-order valence-corrected chi connectivity index (χ2v) is 4.34. The van der Waals surface area contributed by atoms with Gasteiger partial charge >= 0.3 is 0 Å². The Kier molecular flexibility index (Phi) is 3.82. The van der Waals surface area contributed by atoms with E-state index < -0.39 is 13.0 Å². The van der Waals surface area contributed by atoms with E-state index in [-0.39, 0.29) is 0 Å². The van der Waals surface area contributed by atoms with Gasteiger partial charge in [0.25, 0.3) is 6.43 Å². The molecule has 1 aliphatic heterocycles. The topological polar surface area (TPSA) is 12.5 Å². The molecule has 0 aromatic heterocycles. The molecule has 2 nitrogen and oxygen atoms in total. The van der Waals surface area contributed by atoms with Gasteiger partial charge in [0.05, 0.1) is 0 Å². The summed E-state index contributed by atoms with van der Waals surface area (Å²) in [5, 5.41) is 0. The first-order valence-electron chi connectivity index (χ1n) is 5.93. The Hall–Kier alpha value is -1.32. The highest BCUT2D eigenvalue weighted by molar-refractivity contribution is 5.56. The highest BCUT2D eigenvalue weighted by Gasteiger charge is 2.14. The molecule has 0 radical (unpaired) electrons. The molecule has 0 spiro atoms. The lowest BCUT2D eigenvalue weighted by Crippen LogP contribution is -2.18. The lowest BCUT2D eigenvalue weighted by Gasteiger charge is -2.20. The molecule has 1 aromatic rings. The second kappa shape index (κ2) is 5.34. The highest BCUT2D eigenvalue weighted by Crippen LogP contribution is 2.27. The molecule has 0 amide bonds. The summed E-state index contributed by atoms with van der Waals surface area (Å²) >= 11 is 0. The molecule has 0 aliphatic carbocycles. The molecule has 1 aliphatic rings. The fraction of sp³-hybridized carbons (Fsp3) is 0.538. The van der Waals surface area contributed by atoms with Gasteiger partial charge in [0.15, 0.2) is 0 Å². The van der Waals surface area contributed by atoms with Crippen LogP contribution in [0.1, 0.15) is 18.4 Å². The summed E-state index contributed by atoms with van der Waals surface area (Å²) < 4.78 is 29.0. The Morgan fingerprint density at radius 1 is 1.29 bits per heavy atom. The van der Waals surface area contributed by atoms with Crippen LogP contribution < -0.4 is 9.64 Å². The van der Waals surface area contributed by atoms with E-state index in [0.717, 1.165) is 18.7 Å². The molecule has 0 N–H and O–H groups in total. The minimum Gasteiger partial charge on any atom is -0.488 e. The third-order valence-corrected chi connectivity index (χ3v) is 2.99. The molecular weight excluding hydrogens is 224 g/mol. The molecule has 4 heteroatoms. The summed E-state index contributed by atoms with van der Waals surface area (Å²) in [5.74, 6) is 0.519. The first-order chi connectivity index (χ1) is 8.16. The van der Waals surface area contributed by atoms with Crippen molar-refractivity contribution in [1.82, 2.24) is 0 Å². The van der Waals surface area contributed by atoms with Crippen molar-refractivity contribution in [2.45, 2.75) is 26.2 Å². The average molecular weight is 241 g/mol. The minimum absolute atomic E-state index is 0.519. The number of nitrogens with zero attached hydrogens (tertiary/aromatic N) is 1. The van der Waals surface area contributed by atoms with Crippen molar-refractivity contribution in [2.24, 2.45) is 0 Å². The van der Waals surface area contributed by atoms with Gasteiger partial charge in [-0.25, -0.2) is 8.78 Å². The van der Waals surface area contributed by atoms with Gasteiger partial charge in [0.2, 0.25) is 0 Å². The van der Waals surface area contributed by atoms with E-state index in [9.17, 15) is 8.78 Å². The van der Waals surface area contributed by atoms with Crippen molar-refractivity contribution in [2.75, 3.05) is 24.6 Å². The van der Waals surface area contributed by atoms with E-state index in [0.29, 0.717) is 5.75 Å². The Balaban J connectivity index is 2.05. The summed E-state index contributed by atoms with van der Waals surface area (Å²) in [6, 6.07) is 5.56. The number of hydrogen-bond acceptors (Lipinski definition) is 2. The van der Waals surface area contributed by atoms with E-state index >= 15 is 0 Å². The summed E-state index contributed by atoms with van der Waals surface area (Å²) in [5.41, 5.74) is 2.27. The van der Waals surface area contributed by atoms with Gasteiger partial charge in [-0.3, -0.25) is 0 Å². The maximum atomic E-state index is 12.0. The van der Waals surface area contributed by atoms with E-state index in [4.69, 9.17) is 4.74 Å². The third kappa shape index (κ3) is 3.08. The molecule has 1 saturated heterocycles. The quantitative estimate of drug-likeness (QED) is 0.802. The standard InChI is InChI=1S/C13H17F2NO/c1-10-8-11(17-9-13(14)15)4-5-12(10)16-6-2-3-7-16/h4-5,8,13H,2-3,6-7,9H2,1H3. The van der Waals surface area contributed by atoms with Crippen LogP contribution in [-0.2, 0) is 0 Å². The predicted octanol–water partition coefficient (Wildman–Crippen LogP) is 3.24. The van der Waals surface area contributed by atoms with Crippen LogP contribution in [0.4, 0.5) is 14.5 Å². The molecule has 17 heavy (non-hydrogen) atoms. The zero-order valence-electron chi connectivity index (χ0n) is 9.96. The Labute approximate surface area is 100 Å². The van der Waals surface area contributed by atoms with Crippen molar-refractivity contribution in [1.29, 1.82) is 0 Å². The van der Waals surface area contributed by atoms with E-state index in [1.807, 2.05) is 19.1 Å². The molecule has 1 aromatic carbocycles. The monoisotopic (exact) mass is 241 g/mol. The van der Waals surface area contributed by atoms with E-state index in [1.165, 1.54) is 18.5 Å². The Bertz CT molecular complexity index is 376. The summed E-state index contributed by atoms with van der Waals surface area (Å²) in [6.07, 6.45) is 0.0279. The normalized spacial score (nSPS) is 15.6. The van der Waals surface area contributed by atoms with Crippen molar-refractivity contribution >= 4 is 5.69 Å². The SMILES string of the molecule is Cc1cc(OCC(F)F)ccc1N1CCCC1. The molecule has 0 unspecified atom stereocenters. The maximum absolute atomic E-state index is 12.0. The first-order valence-corrected chi connectivity index (χ1v) is 5.93. The molecule has 2 rings (SSSR count). The Morgan fingerprint density at radius 3 is 2.59 bits per heavy atom. The number of hydrogen-bond donors (Lipinski definition) is 0. The number of aryl methyl sites for hydroxylation is 1. The van der Waals surface area contributed by atoms with E-state index in [2.05, 4.69) is 4.90 Å². The smallest absolute Gasteiger partial charge is 0.272 e. The number of rotatable bonds is 4. The van der Waals surface area contributed by atoms with Crippen LogP contribution in [0.5, 0.6) is 5.75 Å². The van der Waals surface area contributed by atoms with Crippen molar-refractivity contribution in [3.63, 3.8) is 0 Å². The molecule has 0 atom stereocenters. The predicted molar refractivity (Wildman–Crippen MR) is 64.1 cm³/mol. The largest absolute Gasteiger partial charge is 0.488 e. The number of benzene rings is 1. The zero-order valence-corrected chi connectivity index (χ0v) is 9.96. The lowest BCUT2D eigenvalue weighted by molar-refractivity contribution is 0.0819. The molecular formula is C13H17F2NO. The van der Waals surface area contributed by atoms with Gasteiger partial charge in [0.1, 0.15) is 12.4 Å². The van der Waals surface area contributed by atoms with E-state index in [1.54, 1.807) is 6.07 Å². The fourth-order valence-corrected chi connectivity index (χ4v) is 2.19. The first kappa shape index (κ1) is 12.1. The summed E-state index contributed by atoms with van der Waals surface area (Å²) in [4.78, 5) is 2.33. The summed E-state index contributed by atoms with van der Waals surface area (Å²) in [7, 11) is 0. The number of anilines is 1. The highest BCUT2D eigenvalue weighted by atomic mass is 19.3. The minimum atomic E-state index is -2.42. The van der Waals surface area contributed by atoms with Crippen LogP contribution in [0, 0.1) is 6.92 Å². The number of halogens is 2. The summed E-state index contributed by atoms with van der Waals surface area (Å²) in [6.45, 7) is 3.61. The Morgan fingerprint density at radius 2 is 2.00 bits per heavy atom. The van der Waals surface area contributed by atoms with Gasteiger partial charge in [-0.05, 0) is 43.5 Å². The van der Waals surface area contributed by atoms with Gasteiger partial charge < -0.3 is 9.64 Å². The number of alkyl halides is 2. The second-order valence-electron chi connectivity index (χ2n) is 4.34. The van der Waals surface area contributed by atoms with Gasteiger partial charge in [0, 0.05) is 18.8 Å². The fourth-order valence-electron chi connectivity index (χ4n) is 2.19. The van der Waals surface area contributed by atoms with Crippen molar-refractivity contribution in [3.8, 4) is 5.75 Å². The molecule has 0 saturated carbocycles. The van der Waals surface area contributed by atoms with Gasteiger partial charge in [-0.15, -0.1) is 0 Å². The average Bonchev–Trinajstić information content (AvgIpc) is 2.79. The molecule has 0 bridgehead atoms. The van der Waals surface area contributed by atoms with Crippen molar-refractivity contribution in [3.05, 3.63) is 23.8 Å². The molecule has 94 valence electrons.